The van der Waals surface area contributed by atoms with Crippen LogP contribution in [-0.2, 0) is 14.6 Å². The Balaban J connectivity index is 1.94. The predicted octanol–water partition coefficient (Wildman–Crippen LogP) is 2.77. The molecule has 2 aromatic rings. The Hall–Kier alpha value is -2.41. The second-order valence-corrected chi connectivity index (χ2v) is 7.20. The van der Waals surface area contributed by atoms with Crippen molar-refractivity contribution < 1.29 is 27.1 Å². The summed E-state index contributed by atoms with van der Waals surface area (Å²) >= 11 is 0. The Kier molecular flexibility index (Phi) is 5.56. The molecular formula is C17H17FO5S. The second-order valence-electron chi connectivity index (χ2n) is 5.19. The highest BCUT2D eigenvalue weighted by Gasteiger charge is 2.15. The molecule has 0 heterocycles. The first kappa shape index (κ1) is 17.9. The average Bonchev–Trinajstić information content (AvgIpc) is 2.52. The molecule has 0 aliphatic carbocycles. The molecule has 0 bridgehead atoms. The molecule has 0 aliphatic rings. The van der Waals surface area contributed by atoms with Crippen LogP contribution in [0.4, 0.5) is 4.39 Å². The van der Waals surface area contributed by atoms with E-state index in [9.17, 15) is 17.6 Å². The average molecular weight is 352 g/mol. The third-order valence-corrected chi connectivity index (χ3v) is 4.37. The Labute approximate surface area is 139 Å². The van der Waals surface area contributed by atoms with Crippen LogP contribution in [0.5, 0.6) is 5.75 Å². The molecule has 0 fully saturated rings. The summed E-state index contributed by atoms with van der Waals surface area (Å²) in [7, 11) is -3.40. The predicted molar refractivity (Wildman–Crippen MR) is 86.5 cm³/mol. The van der Waals surface area contributed by atoms with E-state index in [4.69, 9.17) is 9.47 Å². The first-order chi connectivity index (χ1) is 11.3. The molecule has 0 saturated heterocycles. The Morgan fingerprint density at radius 2 is 1.75 bits per heavy atom. The topological polar surface area (TPSA) is 69.7 Å². The number of rotatable bonds is 6. The van der Waals surface area contributed by atoms with Crippen molar-refractivity contribution in [3.8, 4) is 5.75 Å². The van der Waals surface area contributed by atoms with E-state index >= 15 is 0 Å². The number of ether oxygens (including phenoxy) is 2. The van der Waals surface area contributed by atoms with Crippen molar-refractivity contribution >= 4 is 15.8 Å². The first-order valence-corrected chi connectivity index (χ1v) is 9.03. The van der Waals surface area contributed by atoms with E-state index in [1.165, 1.54) is 36.4 Å². The van der Waals surface area contributed by atoms with Gasteiger partial charge in [0.1, 0.15) is 24.8 Å². The standard InChI is InChI=1S/C17H17FO5S/c1-12-3-8-15(24(2,20)21)11-16(12)17(19)23-10-9-22-14-6-4-13(18)5-7-14/h3-8,11H,9-10H2,1-2H3. The number of hydrogen-bond donors (Lipinski definition) is 0. The minimum absolute atomic E-state index is 0.0151. The Bertz CT molecular complexity index is 829. The van der Waals surface area contributed by atoms with Crippen molar-refractivity contribution in [3.63, 3.8) is 0 Å². The summed E-state index contributed by atoms with van der Waals surface area (Å²) in [4.78, 5) is 12.1. The highest BCUT2D eigenvalue weighted by atomic mass is 32.2. The highest BCUT2D eigenvalue weighted by Crippen LogP contribution is 2.17. The van der Waals surface area contributed by atoms with Gasteiger partial charge in [0.05, 0.1) is 10.5 Å². The number of carbonyl (C=O) groups excluding carboxylic acids is 1. The molecule has 2 rings (SSSR count). The number of aryl methyl sites for hydroxylation is 1. The van der Waals surface area contributed by atoms with E-state index in [0.29, 0.717) is 11.3 Å². The molecule has 0 atom stereocenters. The summed E-state index contributed by atoms with van der Waals surface area (Å²) in [5.41, 5.74) is 0.812. The molecule has 0 amide bonds. The van der Waals surface area contributed by atoms with Crippen LogP contribution in [-0.4, -0.2) is 33.9 Å². The van der Waals surface area contributed by atoms with E-state index in [0.717, 1.165) is 6.26 Å². The Morgan fingerprint density at radius 1 is 1.08 bits per heavy atom. The van der Waals surface area contributed by atoms with Gasteiger partial charge in [0.25, 0.3) is 0 Å². The van der Waals surface area contributed by atoms with Crippen LogP contribution >= 0.6 is 0 Å². The van der Waals surface area contributed by atoms with E-state index in [2.05, 4.69) is 0 Å². The van der Waals surface area contributed by atoms with Crippen LogP contribution in [0.2, 0.25) is 0 Å². The molecule has 0 aliphatic heterocycles. The molecular weight excluding hydrogens is 335 g/mol. The maximum atomic E-state index is 12.8. The fourth-order valence-corrected chi connectivity index (χ4v) is 2.60. The molecule has 7 heteroatoms. The SMILES string of the molecule is Cc1ccc(S(C)(=O)=O)cc1C(=O)OCCOc1ccc(F)cc1. The summed E-state index contributed by atoms with van der Waals surface area (Å²) in [5.74, 6) is -0.529. The van der Waals surface area contributed by atoms with Gasteiger partial charge in [0.15, 0.2) is 9.84 Å². The largest absolute Gasteiger partial charge is 0.490 e. The number of carbonyl (C=O) groups is 1. The third-order valence-electron chi connectivity index (χ3n) is 3.26. The Morgan fingerprint density at radius 3 is 2.38 bits per heavy atom. The molecule has 0 aromatic heterocycles. The van der Waals surface area contributed by atoms with Crippen LogP contribution in [0.15, 0.2) is 47.4 Å². The monoisotopic (exact) mass is 352 g/mol. The normalized spacial score (nSPS) is 11.1. The minimum Gasteiger partial charge on any atom is -0.490 e. The number of sulfone groups is 1. The van der Waals surface area contributed by atoms with Gasteiger partial charge < -0.3 is 9.47 Å². The van der Waals surface area contributed by atoms with Gasteiger partial charge >= 0.3 is 5.97 Å². The summed E-state index contributed by atoms with van der Waals surface area (Å²) in [6, 6.07) is 9.77. The zero-order chi connectivity index (χ0) is 17.7. The smallest absolute Gasteiger partial charge is 0.338 e. The molecule has 0 unspecified atom stereocenters. The molecule has 0 N–H and O–H groups in total. The first-order valence-electron chi connectivity index (χ1n) is 7.13. The van der Waals surface area contributed by atoms with Gasteiger partial charge in [-0.1, -0.05) is 6.07 Å². The number of halogens is 1. The van der Waals surface area contributed by atoms with Crippen LogP contribution in [0.25, 0.3) is 0 Å². The van der Waals surface area contributed by atoms with Gasteiger partial charge in [-0.25, -0.2) is 17.6 Å². The van der Waals surface area contributed by atoms with Crippen molar-refractivity contribution in [1.29, 1.82) is 0 Å². The van der Waals surface area contributed by atoms with Crippen LogP contribution < -0.4 is 4.74 Å². The van der Waals surface area contributed by atoms with Gasteiger partial charge in [-0.05, 0) is 48.9 Å². The van der Waals surface area contributed by atoms with E-state index in [-0.39, 0.29) is 29.5 Å². The van der Waals surface area contributed by atoms with E-state index < -0.39 is 15.8 Å². The lowest BCUT2D eigenvalue weighted by atomic mass is 10.1. The van der Waals surface area contributed by atoms with Crippen LogP contribution in [0.1, 0.15) is 15.9 Å². The van der Waals surface area contributed by atoms with Gasteiger partial charge in [-0.2, -0.15) is 0 Å². The maximum Gasteiger partial charge on any atom is 0.338 e. The van der Waals surface area contributed by atoms with E-state index in [1.807, 2.05) is 0 Å². The summed E-state index contributed by atoms with van der Waals surface area (Å²) < 4.78 is 46.3. The third kappa shape index (κ3) is 4.79. The minimum atomic E-state index is -3.40. The van der Waals surface area contributed by atoms with Crippen molar-refractivity contribution in [2.24, 2.45) is 0 Å². The number of hydrogen-bond acceptors (Lipinski definition) is 5. The lowest BCUT2D eigenvalue weighted by Gasteiger charge is -2.10. The lowest BCUT2D eigenvalue weighted by Crippen LogP contribution is -2.14. The quantitative estimate of drug-likeness (QED) is 0.591. The van der Waals surface area contributed by atoms with Crippen LogP contribution in [0, 0.1) is 12.7 Å². The van der Waals surface area contributed by atoms with Gasteiger partial charge in [0.2, 0.25) is 0 Å². The second kappa shape index (κ2) is 7.44. The van der Waals surface area contributed by atoms with Crippen molar-refractivity contribution in [3.05, 3.63) is 59.4 Å². The fourth-order valence-electron chi connectivity index (χ4n) is 1.95. The molecule has 5 nitrogen and oxygen atoms in total. The van der Waals surface area contributed by atoms with Crippen LogP contribution in [0.3, 0.4) is 0 Å². The van der Waals surface area contributed by atoms with Crippen molar-refractivity contribution in [1.82, 2.24) is 0 Å². The van der Waals surface area contributed by atoms with Gasteiger partial charge in [-0.15, -0.1) is 0 Å². The maximum absolute atomic E-state index is 12.8. The van der Waals surface area contributed by atoms with Crippen molar-refractivity contribution in [2.75, 3.05) is 19.5 Å². The fraction of sp³-hybridized carbons (Fsp3) is 0.235. The highest BCUT2D eigenvalue weighted by molar-refractivity contribution is 7.90. The molecule has 0 spiro atoms. The summed E-state index contributed by atoms with van der Waals surface area (Å²) in [6.45, 7) is 1.78. The lowest BCUT2D eigenvalue weighted by molar-refractivity contribution is 0.0449. The molecule has 2 aromatic carbocycles. The number of benzene rings is 2. The molecule has 0 saturated carbocycles. The zero-order valence-electron chi connectivity index (χ0n) is 13.3. The van der Waals surface area contributed by atoms with Crippen molar-refractivity contribution in [2.45, 2.75) is 11.8 Å². The summed E-state index contributed by atoms with van der Waals surface area (Å²) in [6.07, 6.45) is 1.07. The molecule has 0 radical (unpaired) electrons. The number of esters is 1. The zero-order valence-corrected chi connectivity index (χ0v) is 14.1. The summed E-state index contributed by atoms with van der Waals surface area (Å²) in [5, 5.41) is 0. The van der Waals surface area contributed by atoms with E-state index in [1.54, 1.807) is 13.0 Å². The van der Waals surface area contributed by atoms with Gasteiger partial charge in [0, 0.05) is 6.26 Å². The van der Waals surface area contributed by atoms with Gasteiger partial charge in [-0.3, -0.25) is 0 Å². The molecule has 128 valence electrons. The molecule has 24 heavy (non-hydrogen) atoms.